The molecule has 0 saturated heterocycles. The van der Waals surface area contributed by atoms with Crippen LogP contribution in [-0.2, 0) is 16.0 Å². The van der Waals surface area contributed by atoms with E-state index in [0.29, 0.717) is 44.4 Å². The normalized spacial score (nSPS) is 11.2. The van der Waals surface area contributed by atoms with Gasteiger partial charge >= 0.3 is 6.61 Å². The molecule has 0 unspecified atom stereocenters. The first-order chi connectivity index (χ1) is 12.1. The van der Waals surface area contributed by atoms with Gasteiger partial charge in [0.1, 0.15) is 5.75 Å². The Hall–Kier alpha value is -1.20. The highest BCUT2D eigenvalue weighted by Gasteiger charge is 2.10. The Morgan fingerprint density at radius 1 is 1.19 bits per heavy atom. The Balaban J connectivity index is 0.00000625. The smallest absolute Gasteiger partial charge is 0.387 e. The van der Waals surface area contributed by atoms with Crippen LogP contribution in [0.15, 0.2) is 23.2 Å². The van der Waals surface area contributed by atoms with Crippen LogP contribution >= 0.6 is 24.0 Å². The van der Waals surface area contributed by atoms with Gasteiger partial charge in [-0.1, -0.05) is 17.7 Å². The summed E-state index contributed by atoms with van der Waals surface area (Å²) in [5, 5.41) is 6.23. The standard InChI is InChI=1S/C17H27F2N3O3.HI/c1-4-20-17(21-7-8-24-10-9-23-3)22-12-14-11-13(2)5-6-15(14)25-16(18)19;/h5-6,11,16H,4,7-10,12H2,1-3H3,(H2,20,21,22);1H. The number of aryl methyl sites for hydroxylation is 1. The summed E-state index contributed by atoms with van der Waals surface area (Å²) in [5.74, 6) is 0.727. The van der Waals surface area contributed by atoms with E-state index in [2.05, 4.69) is 20.4 Å². The largest absolute Gasteiger partial charge is 0.434 e. The molecule has 0 saturated carbocycles. The van der Waals surface area contributed by atoms with Gasteiger partial charge in [-0.25, -0.2) is 4.99 Å². The van der Waals surface area contributed by atoms with E-state index in [0.717, 1.165) is 5.56 Å². The van der Waals surface area contributed by atoms with Gasteiger partial charge in [0.05, 0.1) is 26.4 Å². The van der Waals surface area contributed by atoms with E-state index >= 15 is 0 Å². The molecule has 2 N–H and O–H groups in total. The number of guanidine groups is 1. The Morgan fingerprint density at radius 3 is 2.62 bits per heavy atom. The Morgan fingerprint density at radius 2 is 1.96 bits per heavy atom. The molecule has 1 rings (SSSR count). The number of benzene rings is 1. The molecular formula is C17H28F2IN3O3. The van der Waals surface area contributed by atoms with Crippen molar-refractivity contribution in [2.24, 2.45) is 4.99 Å². The molecular weight excluding hydrogens is 459 g/mol. The molecule has 0 amide bonds. The highest BCUT2D eigenvalue weighted by atomic mass is 127. The van der Waals surface area contributed by atoms with E-state index in [9.17, 15) is 8.78 Å². The van der Waals surface area contributed by atoms with E-state index in [1.807, 2.05) is 13.8 Å². The van der Waals surface area contributed by atoms with Crippen LogP contribution in [0, 0.1) is 6.92 Å². The average molecular weight is 487 g/mol. The van der Waals surface area contributed by atoms with E-state index in [1.54, 1.807) is 19.2 Å². The van der Waals surface area contributed by atoms with Gasteiger partial charge in [-0.3, -0.25) is 0 Å². The molecule has 1 aromatic rings. The fraction of sp³-hybridized carbons (Fsp3) is 0.588. The molecule has 9 heteroatoms. The quantitative estimate of drug-likeness (QED) is 0.218. The fourth-order valence-corrected chi connectivity index (χ4v) is 2.03. The van der Waals surface area contributed by atoms with Crippen LogP contribution in [0.1, 0.15) is 18.1 Å². The van der Waals surface area contributed by atoms with Gasteiger partial charge in [0, 0.05) is 25.8 Å². The van der Waals surface area contributed by atoms with Crippen LogP contribution in [0.2, 0.25) is 0 Å². The molecule has 0 heterocycles. The Labute approximate surface area is 170 Å². The number of halogens is 3. The zero-order chi connectivity index (χ0) is 18.5. The van der Waals surface area contributed by atoms with Crippen LogP contribution in [0.5, 0.6) is 5.75 Å². The van der Waals surface area contributed by atoms with Crippen LogP contribution < -0.4 is 15.4 Å². The molecule has 0 radical (unpaired) electrons. The summed E-state index contributed by atoms with van der Waals surface area (Å²) in [4.78, 5) is 4.42. The molecule has 150 valence electrons. The van der Waals surface area contributed by atoms with Crippen molar-refractivity contribution in [3.8, 4) is 5.75 Å². The van der Waals surface area contributed by atoms with Gasteiger partial charge in [0.15, 0.2) is 5.96 Å². The molecule has 26 heavy (non-hydrogen) atoms. The number of alkyl halides is 2. The Bertz CT molecular complexity index is 534. The molecule has 0 atom stereocenters. The molecule has 6 nitrogen and oxygen atoms in total. The minimum Gasteiger partial charge on any atom is -0.434 e. The highest BCUT2D eigenvalue weighted by molar-refractivity contribution is 14.0. The van der Waals surface area contributed by atoms with Crippen molar-refractivity contribution in [3.05, 3.63) is 29.3 Å². The molecule has 0 aliphatic heterocycles. The molecule has 0 aliphatic rings. The van der Waals surface area contributed by atoms with Crippen molar-refractivity contribution in [1.82, 2.24) is 10.6 Å². The maximum absolute atomic E-state index is 12.5. The van der Waals surface area contributed by atoms with Gasteiger partial charge in [-0.05, 0) is 19.9 Å². The van der Waals surface area contributed by atoms with Gasteiger partial charge in [0.2, 0.25) is 0 Å². The minimum atomic E-state index is -2.86. The van der Waals surface area contributed by atoms with E-state index < -0.39 is 6.61 Å². The summed E-state index contributed by atoms with van der Waals surface area (Å²) in [6.45, 7) is 4.05. The molecule has 0 fully saturated rings. The summed E-state index contributed by atoms with van der Waals surface area (Å²) in [7, 11) is 1.62. The Kier molecular flexibility index (Phi) is 14.2. The van der Waals surface area contributed by atoms with Crippen molar-refractivity contribution in [1.29, 1.82) is 0 Å². The van der Waals surface area contributed by atoms with Crippen molar-refractivity contribution < 1.29 is 23.0 Å². The first kappa shape index (κ1) is 24.8. The third kappa shape index (κ3) is 10.7. The molecule has 1 aromatic carbocycles. The lowest BCUT2D eigenvalue weighted by molar-refractivity contribution is -0.0504. The summed E-state index contributed by atoms with van der Waals surface area (Å²) >= 11 is 0. The third-order valence-electron chi connectivity index (χ3n) is 3.15. The van der Waals surface area contributed by atoms with Crippen LogP contribution in [0.25, 0.3) is 0 Å². The summed E-state index contributed by atoms with van der Waals surface area (Å²) in [5.41, 5.74) is 1.56. The van der Waals surface area contributed by atoms with Gasteiger partial charge in [0.25, 0.3) is 0 Å². The molecule has 0 spiro atoms. The third-order valence-corrected chi connectivity index (χ3v) is 3.15. The lowest BCUT2D eigenvalue weighted by atomic mass is 10.1. The minimum absolute atomic E-state index is 0. The van der Waals surface area contributed by atoms with Gasteiger partial charge < -0.3 is 24.8 Å². The van der Waals surface area contributed by atoms with Gasteiger partial charge in [-0.15, -0.1) is 24.0 Å². The van der Waals surface area contributed by atoms with Crippen molar-refractivity contribution in [2.75, 3.05) is 40.0 Å². The van der Waals surface area contributed by atoms with Crippen molar-refractivity contribution >= 4 is 29.9 Å². The number of hydrogen-bond acceptors (Lipinski definition) is 4. The maximum atomic E-state index is 12.5. The summed E-state index contributed by atoms with van der Waals surface area (Å²) in [6, 6.07) is 5.06. The van der Waals surface area contributed by atoms with E-state index in [4.69, 9.17) is 9.47 Å². The van der Waals surface area contributed by atoms with Crippen LogP contribution in [0.4, 0.5) is 8.78 Å². The highest BCUT2D eigenvalue weighted by Crippen LogP contribution is 2.22. The molecule has 0 aromatic heterocycles. The zero-order valence-electron chi connectivity index (χ0n) is 15.4. The second kappa shape index (κ2) is 14.9. The first-order valence-electron chi connectivity index (χ1n) is 8.20. The second-order valence-corrected chi connectivity index (χ2v) is 5.22. The average Bonchev–Trinajstić information content (AvgIpc) is 2.57. The van der Waals surface area contributed by atoms with E-state index in [-0.39, 0.29) is 36.3 Å². The molecule has 0 aliphatic carbocycles. The zero-order valence-corrected chi connectivity index (χ0v) is 17.7. The second-order valence-electron chi connectivity index (χ2n) is 5.22. The van der Waals surface area contributed by atoms with Crippen LogP contribution in [0.3, 0.4) is 0 Å². The number of nitrogens with one attached hydrogen (secondary N) is 2. The molecule has 0 bridgehead atoms. The van der Waals surface area contributed by atoms with E-state index in [1.165, 1.54) is 6.07 Å². The van der Waals surface area contributed by atoms with Crippen LogP contribution in [-0.4, -0.2) is 52.6 Å². The van der Waals surface area contributed by atoms with Gasteiger partial charge in [-0.2, -0.15) is 8.78 Å². The lowest BCUT2D eigenvalue weighted by Gasteiger charge is -2.13. The number of rotatable bonds is 11. The predicted molar refractivity (Wildman–Crippen MR) is 109 cm³/mol. The number of nitrogens with zero attached hydrogens (tertiary/aromatic N) is 1. The monoisotopic (exact) mass is 487 g/mol. The van der Waals surface area contributed by atoms with Crippen molar-refractivity contribution in [3.63, 3.8) is 0 Å². The lowest BCUT2D eigenvalue weighted by Crippen LogP contribution is -2.39. The first-order valence-corrected chi connectivity index (χ1v) is 8.20. The fourth-order valence-electron chi connectivity index (χ4n) is 2.03. The number of aliphatic imine (C=N–C) groups is 1. The summed E-state index contributed by atoms with van der Waals surface area (Å²) < 4.78 is 39.8. The van der Waals surface area contributed by atoms with Crippen molar-refractivity contribution in [2.45, 2.75) is 27.0 Å². The topological polar surface area (TPSA) is 64.1 Å². The number of ether oxygens (including phenoxy) is 3. The SMILES string of the molecule is CCNC(=NCc1cc(C)ccc1OC(F)F)NCCOCCOC.I. The predicted octanol–water partition coefficient (Wildman–Crippen LogP) is 2.93. The maximum Gasteiger partial charge on any atom is 0.387 e. The summed E-state index contributed by atoms with van der Waals surface area (Å²) in [6.07, 6.45) is 0. The number of hydrogen-bond donors (Lipinski definition) is 2. The number of methoxy groups -OCH3 is 1.